The zero-order valence-corrected chi connectivity index (χ0v) is 7.69. The lowest BCUT2D eigenvalue weighted by molar-refractivity contribution is -0.122. The summed E-state index contributed by atoms with van der Waals surface area (Å²) in [4.78, 5) is 11.3. The van der Waals surface area contributed by atoms with Crippen LogP contribution in [0.1, 0.15) is 6.42 Å². The number of carbonyl (C=O) groups is 1. The van der Waals surface area contributed by atoms with Crippen molar-refractivity contribution in [2.24, 2.45) is 0 Å². The van der Waals surface area contributed by atoms with Gasteiger partial charge >= 0.3 is 0 Å². The van der Waals surface area contributed by atoms with E-state index in [0.717, 1.165) is 11.6 Å². The van der Waals surface area contributed by atoms with Gasteiger partial charge in [0.2, 0.25) is 5.91 Å². The lowest BCUT2D eigenvalue weighted by atomic mass is 10.3. The molecule has 1 unspecified atom stereocenters. The van der Waals surface area contributed by atoms with Gasteiger partial charge in [0, 0.05) is 24.8 Å². The summed E-state index contributed by atoms with van der Waals surface area (Å²) in [5.74, 6) is 1.76. The molecule has 0 aromatic rings. The number of aliphatic hydroxyl groups excluding tert-OH is 1. The number of nitrogens with one attached hydrogen (secondary N) is 2. The van der Waals surface area contributed by atoms with Crippen molar-refractivity contribution >= 4 is 17.7 Å². The van der Waals surface area contributed by atoms with Gasteiger partial charge in [-0.25, -0.2) is 0 Å². The largest absolute Gasteiger partial charge is 0.396 e. The quantitative estimate of drug-likeness (QED) is 0.505. The van der Waals surface area contributed by atoms with Gasteiger partial charge in [0.25, 0.3) is 0 Å². The lowest BCUT2D eigenvalue weighted by Gasteiger charge is -2.09. The Labute approximate surface area is 76.1 Å². The fourth-order valence-corrected chi connectivity index (χ4v) is 1.92. The molecule has 3 N–H and O–H groups in total. The van der Waals surface area contributed by atoms with E-state index in [1.54, 1.807) is 11.8 Å². The van der Waals surface area contributed by atoms with Crippen LogP contribution in [0.5, 0.6) is 0 Å². The minimum absolute atomic E-state index is 0.0336. The second kappa shape index (κ2) is 5.40. The second-order valence-corrected chi connectivity index (χ2v) is 3.67. The normalized spacial score (nSPS) is 22.6. The van der Waals surface area contributed by atoms with Crippen LogP contribution in [0.25, 0.3) is 0 Å². The molecule has 1 saturated heterocycles. The summed E-state index contributed by atoms with van der Waals surface area (Å²) in [6.45, 7) is 0.700. The predicted octanol–water partition coefficient (Wildman–Crippen LogP) is -0.853. The molecule has 1 heterocycles. The van der Waals surface area contributed by atoms with Gasteiger partial charge in [-0.1, -0.05) is 0 Å². The van der Waals surface area contributed by atoms with Gasteiger partial charge in [0.1, 0.15) is 0 Å². The third-order valence-electron chi connectivity index (χ3n) is 1.67. The molecule has 70 valence electrons. The number of hydrogen-bond donors (Lipinski definition) is 3. The molecule has 5 heteroatoms. The Morgan fingerprint density at radius 1 is 1.75 bits per heavy atom. The van der Waals surface area contributed by atoms with E-state index in [-0.39, 0.29) is 18.6 Å². The minimum atomic E-state index is -0.0336. The van der Waals surface area contributed by atoms with E-state index in [0.29, 0.717) is 13.0 Å². The summed E-state index contributed by atoms with van der Waals surface area (Å²) in [6.07, 6.45) is 0.631. The minimum Gasteiger partial charge on any atom is -0.396 e. The smallest absolute Gasteiger partial charge is 0.238 e. The molecule has 1 amide bonds. The van der Waals surface area contributed by atoms with Crippen LogP contribution in [0.3, 0.4) is 0 Å². The van der Waals surface area contributed by atoms with Crippen LogP contribution in [0, 0.1) is 0 Å². The third kappa shape index (κ3) is 3.00. The van der Waals surface area contributed by atoms with E-state index in [1.165, 1.54) is 0 Å². The third-order valence-corrected chi connectivity index (χ3v) is 2.61. The fraction of sp³-hybridized carbons (Fsp3) is 0.857. The van der Waals surface area contributed by atoms with E-state index in [9.17, 15) is 4.79 Å². The number of thioether (sulfide) groups is 1. The maximum absolute atomic E-state index is 11.3. The monoisotopic (exact) mass is 190 g/mol. The number of hydrogen-bond acceptors (Lipinski definition) is 4. The molecule has 1 rings (SSSR count). The average Bonchev–Trinajstić information content (AvgIpc) is 2.56. The number of aliphatic hydroxyl groups is 1. The lowest BCUT2D eigenvalue weighted by Crippen LogP contribution is -2.42. The average molecular weight is 190 g/mol. The van der Waals surface area contributed by atoms with Crippen LogP contribution in [0.4, 0.5) is 0 Å². The maximum Gasteiger partial charge on any atom is 0.238 e. The molecule has 0 radical (unpaired) electrons. The molecule has 12 heavy (non-hydrogen) atoms. The molecule has 1 fully saturated rings. The first kappa shape index (κ1) is 9.83. The van der Waals surface area contributed by atoms with Crippen molar-refractivity contribution in [1.82, 2.24) is 10.6 Å². The zero-order valence-electron chi connectivity index (χ0n) is 6.88. The van der Waals surface area contributed by atoms with Crippen molar-refractivity contribution in [3.05, 3.63) is 0 Å². The van der Waals surface area contributed by atoms with Gasteiger partial charge in [-0.3, -0.25) is 10.1 Å². The van der Waals surface area contributed by atoms with Crippen molar-refractivity contribution in [2.75, 3.05) is 24.8 Å². The molecule has 0 bridgehead atoms. The molecule has 0 aromatic carbocycles. The van der Waals surface area contributed by atoms with Gasteiger partial charge in [-0.05, 0) is 6.42 Å². The van der Waals surface area contributed by atoms with Crippen LogP contribution >= 0.6 is 11.8 Å². The van der Waals surface area contributed by atoms with Gasteiger partial charge in [0.15, 0.2) is 0 Å². The molecule has 1 aliphatic rings. The van der Waals surface area contributed by atoms with Crippen molar-refractivity contribution in [3.8, 4) is 0 Å². The Balaban J connectivity index is 2.10. The Kier molecular flexibility index (Phi) is 4.42. The molecule has 0 aromatic heterocycles. The van der Waals surface area contributed by atoms with Gasteiger partial charge in [-0.15, -0.1) is 11.8 Å². The summed E-state index contributed by atoms with van der Waals surface area (Å²) in [5, 5.41) is 14.3. The summed E-state index contributed by atoms with van der Waals surface area (Å²) in [5.41, 5.74) is 0. The molecular weight excluding hydrogens is 176 g/mol. The predicted molar refractivity (Wildman–Crippen MR) is 49.0 cm³/mol. The summed E-state index contributed by atoms with van der Waals surface area (Å²) in [7, 11) is 0. The number of rotatable bonds is 4. The topological polar surface area (TPSA) is 61.4 Å². The summed E-state index contributed by atoms with van der Waals surface area (Å²) >= 11 is 1.73. The van der Waals surface area contributed by atoms with E-state index in [1.807, 2.05) is 0 Å². The van der Waals surface area contributed by atoms with Crippen LogP contribution in [0.2, 0.25) is 0 Å². The van der Waals surface area contributed by atoms with E-state index in [4.69, 9.17) is 5.11 Å². The summed E-state index contributed by atoms with van der Waals surface area (Å²) in [6, 6.07) is -0.0336. The Morgan fingerprint density at radius 2 is 2.58 bits per heavy atom. The van der Waals surface area contributed by atoms with Crippen molar-refractivity contribution in [2.45, 2.75) is 12.5 Å². The standard InChI is InChI=1S/C7H14N2O2S/c10-3-1-2-8-7(11)6-4-12-5-9-6/h6,9-10H,1-5H2,(H,8,11). The Bertz CT molecular complexity index is 148. The van der Waals surface area contributed by atoms with Gasteiger partial charge in [0.05, 0.1) is 6.04 Å². The van der Waals surface area contributed by atoms with Crippen molar-refractivity contribution in [3.63, 3.8) is 0 Å². The Hall–Kier alpha value is -0.260. The number of amides is 1. The maximum atomic E-state index is 11.3. The highest BCUT2D eigenvalue weighted by atomic mass is 32.2. The summed E-state index contributed by atoms with van der Waals surface area (Å²) < 4.78 is 0. The van der Waals surface area contributed by atoms with Crippen LogP contribution in [-0.2, 0) is 4.79 Å². The van der Waals surface area contributed by atoms with Crippen molar-refractivity contribution < 1.29 is 9.90 Å². The molecule has 0 saturated carbocycles. The highest BCUT2D eigenvalue weighted by Gasteiger charge is 2.21. The molecule has 0 spiro atoms. The Morgan fingerprint density at radius 3 is 3.17 bits per heavy atom. The molecular formula is C7H14N2O2S. The van der Waals surface area contributed by atoms with Crippen LogP contribution < -0.4 is 10.6 Å². The molecule has 1 aliphatic heterocycles. The zero-order chi connectivity index (χ0) is 8.81. The first-order valence-electron chi connectivity index (χ1n) is 4.04. The highest BCUT2D eigenvalue weighted by molar-refractivity contribution is 7.99. The van der Waals surface area contributed by atoms with Gasteiger partial charge in [-0.2, -0.15) is 0 Å². The highest BCUT2D eigenvalue weighted by Crippen LogP contribution is 2.08. The number of carbonyl (C=O) groups excluding carboxylic acids is 1. The SMILES string of the molecule is O=C(NCCCO)C1CSCN1. The first-order chi connectivity index (χ1) is 5.84. The van der Waals surface area contributed by atoms with E-state index >= 15 is 0 Å². The van der Waals surface area contributed by atoms with Crippen molar-refractivity contribution in [1.29, 1.82) is 0 Å². The van der Waals surface area contributed by atoms with Gasteiger partial charge < -0.3 is 10.4 Å². The second-order valence-electron chi connectivity index (χ2n) is 2.64. The van der Waals surface area contributed by atoms with E-state index in [2.05, 4.69) is 10.6 Å². The van der Waals surface area contributed by atoms with Crippen LogP contribution in [0.15, 0.2) is 0 Å². The van der Waals surface area contributed by atoms with Crippen LogP contribution in [-0.4, -0.2) is 41.8 Å². The van der Waals surface area contributed by atoms with E-state index < -0.39 is 0 Å². The first-order valence-corrected chi connectivity index (χ1v) is 5.20. The molecule has 0 aliphatic carbocycles. The molecule has 4 nitrogen and oxygen atoms in total. The fourth-order valence-electron chi connectivity index (χ4n) is 0.977. The molecule has 1 atom stereocenters.